The molecule has 5 heteroatoms. The maximum absolute atomic E-state index is 12.1. The normalized spacial score (nSPS) is 10.6. The van der Waals surface area contributed by atoms with E-state index in [1.54, 1.807) is 11.6 Å². The first-order valence-corrected chi connectivity index (χ1v) is 7.18. The number of carbonyl (C=O) groups excluding carboxylic acids is 1. The number of ether oxygens (including phenoxy) is 1. The van der Waals surface area contributed by atoms with Crippen molar-refractivity contribution in [1.82, 2.24) is 14.3 Å². The molecular weight excluding hydrogens is 278 g/mol. The molecule has 0 spiro atoms. The molecule has 5 nitrogen and oxygen atoms in total. The molecule has 0 unspecified atom stereocenters. The van der Waals surface area contributed by atoms with Gasteiger partial charge in [0.25, 0.3) is 0 Å². The minimum absolute atomic E-state index is 0.329. The van der Waals surface area contributed by atoms with Crippen LogP contribution in [0.4, 0.5) is 0 Å². The summed E-state index contributed by atoms with van der Waals surface area (Å²) in [7, 11) is 0. The minimum atomic E-state index is -0.400. The van der Waals surface area contributed by atoms with Gasteiger partial charge in [-0.25, -0.2) is 9.48 Å². The van der Waals surface area contributed by atoms with Crippen LogP contribution in [0.5, 0.6) is 0 Å². The van der Waals surface area contributed by atoms with Gasteiger partial charge in [-0.2, -0.15) is 5.10 Å². The smallest absolute Gasteiger partial charge is 0.359 e. The van der Waals surface area contributed by atoms with Gasteiger partial charge in [0, 0.05) is 18.0 Å². The molecule has 2 aromatic heterocycles. The van der Waals surface area contributed by atoms with Gasteiger partial charge in [-0.3, -0.25) is 0 Å². The van der Waals surface area contributed by atoms with Crippen LogP contribution in [0.25, 0.3) is 11.5 Å². The van der Waals surface area contributed by atoms with Crippen molar-refractivity contribution in [2.75, 3.05) is 6.61 Å². The Labute approximate surface area is 128 Å². The fourth-order valence-corrected chi connectivity index (χ4v) is 2.41. The maximum Gasteiger partial charge on any atom is 0.359 e. The van der Waals surface area contributed by atoms with Crippen LogP contribution in [0.15, 0.2) is 54.9 Å². The molecule has 3 rings (SSSR count). The fraction of sp³-hybridized carbons (Fsp3) is 0.176. The highest BCUT2D eigenvalue weighted by Crippen LogP contribution is 2.23. The highest BCUT2D eigenvalue weighted by Gasteiger charge is 2.22. The number of para-hydroxylation sites is 1. The predicted octanol–water partition coefficient (Wildman–Crippen LogP) is 3.15. The van der Waals surface area contributed by atoms with E-state index in [0.717, 1.165) is 17.1 Å². The lowest BCUT2D eigenvalue weighted by Gasteiger charge is -2.09. The van der Waals surface area contributed by atoms with Gasteiger partial charge >= 0.3 is 5.97 Å². The topological polar surface area (TPSA) is 49.0 Å². The molecular formula is C17H17N3O2. The monoisotopic (exact) mass is 295 g/mol. The summed E-state index contributed by atoms with van der Waals surface area (Å²) in [6.45, 7) is 4.00. The second kappa shape index (κ2) is 5.89. The van der Waals surface area contributed by atoms with E-state index < -0.39 is 5.97 Å². The van der Waals surface area contributed by atoms with Crippen LogP contribution >= 0.6 is 0 Å². The molecule has 0 bridgehead atoms. The molecule has 0 saturated carbocycles. The zero-order valence-electron chi connectivity index (χ0n) is 12.6. The minimum Gasteiger partial charge on any atom is -0.461 e. The predicted molar refractivity (Wildman–Crippen MR) is 83.6 cm³/mol. The van der Waals surface area contributed by atoms with E-state index in [1.165, 1.54) is 0 Å². The summed E-state index contributed by atoms with van der Waals surface area (Å²) >= 11 is 0. The first-order chi connectivity index (χ1) is 10.7. The van der Waals surface area contributed by atoms with Gasteiger partial charge < -0.3 is 9.30 Å². The molecule has 22 heavy (non-hydrogen) atoms. The van der Waals surface area contributed by atoms with Crippen LogP contribution < -0.4 is 0 Å². The van der Waals surface area contributed by atoms with Crippen molar-refractivity contribution < 1.29 is 9.53 Å². The zero-order valence-corrected chi connectivity index (χ0v) is 12.6. The Morgan fingerprint density at radius 2 is 1.82 bits per heavy atom. The molecule has 0 radical (unpaired) electrons. The summed E-state index contributed by atoms with van der Waals surface area (Å²) in [5.41, 5.74) is 2.03. The average molecular weight is 295 g/mol. The number of esters is 1. The summed E-state index contributed by atoms with van der Waals surface area (Å²) in [5.74, 6) is 0.433. The van der Waals surface area contributed by atoms with Crippen molar-refractivity contribution in [3.63, 3.8) is 0 Å². The fourth-order valence-electron chi connectivity index (χ4n) is 2.41. The number of nitrogens with zero attached hydrogens (tertiary/aromatic N) is 3. The van der Waals surface area contributed by atoms with E-state index in [2.05, 4.69) is 5.10 Å². The average Bonchev–Trinajstić information content (AvgIpc) is 3.15. The molecule has 0 aliphatic rings. The van der Waals surface area contributed by atoms with E-state index in [9.17, 15) is 4.79 Å². The van der Waals surface area contributed by atoms with E-state index >= 15 is 0 Å². The lowest BCUT2D eigenvalue weighted by atomic mass is 10.2. The molecule has 2 heterocycles. The second-order valence-corrected chi connectivity index (χ2v) is 4.86. The Kier molecular flexibility index (Phi) is 3.78. The molecule has 112 valence electrons. The Morgan fingerprint density at radius 3 is 2.45 bits per heavy atom. The summed E-state index contributed by atoms with van der Waals surface area (Å²) in [5, 5.41) is 4.48. The van der Waals surface area contributed by atoms with Gasteiger partial charge in [0.1, 0.15) is 5.82 Å². The Balaban J connectivity index is 2.20. The van der Waals surface area contributed by atoms with E-state index in [-0.39, 0.29) is 0 Å². The van der Waals surface area contributed by atoms with Crippen molar-refractivity contribution in [2.24, 2.45) is 0 Å². The first-order valence-electron chi connectivity index (χ1n) is 7.18. The van der Waals surface area contributed by atoms with E-state index in [4.69, 9.17) is 4.74 Å². The van der Waals surface area contributed by atoms with E-state index in [0.29, 0.717) is 12.3 Å². The Morgan fingerprint density at radius 1 is 1.14 bits per heavy atom. The first kappa shape index (κ1) is 14.1. The van der Waals surface area contributed by atoms with Crippen molar-refractivity contribution in [3.05, 3.63) is 66.1 Å². The Hall–Kier alpha value is -2.82. The Bertz CT molecular complexity index is 774. The highest BCUT2D eigenvalue weighted by molar-refractivity contribution is 5.90. The van der Waals surface area contributed by atoms with Crippen molar-refractivity contribution >= 4 is 5.97 Å². The number of hydrogen-bond acceptors (Lipinski definition) is 3. The standard InChI is InChI=1S/C17H17N3O2/c1-3-22-17(21)15-13(2)16(19-11-7-8-12-19)20(18-15)14-9-5-4-6-10-14/h4-12H,3H2,1-2H3. The number of rotatable bonds is 4. The van der Waals surface area contributed by atoms with Gasteiger partial charge in [0.15, 0.2) is 5.69 Å². The van der Waals surface area contributed by atoms with Crippen LogP contribution in [-0.2, 0) is 4.74 Å². The van der Waals surface area contributed by atoms with Gasteiger partial charge in [-0.15, -0.1) is 0 Å². The van der Waals surface area contributed by atoms with Gasteiger partial charge in [-0.1, -0.05) is 18.2 Å². The van der Waals surface area contributed by atoms with Crippen LogP contribution in [0, 0.1) is 6.92 Å². The molecule has 0 fully saturated rings. The third-order valence-corrected chi connectivity index (χ3v) is 3.41. The van der Waals surface area contributed by atoms with Crippen molar-refractivity contribution in [1.29, 1.82) is 0 Å². The number of aromatic nitrogens is 3. The van der Waals surface area contributed by atoms with Crippen molar-refractivity contribution in [2.45, 2.75) is 13.8 Å². The molecule has 3 aromatic rings. The van der Waals surface area contributed by atoms with E-state index in [1.807, 2.05) is 66.3 Å². The summed E-state index contributed by atoms with van der Waals surface area (Å²) < 4.78 is 8.81. The maximum atomic E-state index is 12.1. The van der Waals surface area contributed by atoms with Gasteiger partial charge in [0.05, 0.1) is 12.3 Å². The lowest BCUT2D eigenvalue weighted by molar-refractivity contribution is 0.0518. The zero-order chi connectivity index (χ0) is 15.5. The quantitative estimate of drug-likeness (QED) is 0.695. The van der Waals surface area contributed by atoms with Gasteiger partial charge in [-0.05, 0) is 38.1 Å². The highest BCUT2D eigenvalue weighted by atomic mass is 16.5. The summed E-state index contributed by atoms with van der Waals surface area (Å²) in [6, 6.07) is 13.6. The van der Waals surface area contributed by atoms with Crippen molar-refractivity contribution in [3.8, 4) is 11.5 Å². The summed E-state index contributed by atoms with van der Waals surface area (Å²) in [4.78, 5) is 12.1. The molecule has 0 amide bonds. The van der Waals surface area contributed by atoms with Crippen LogP contribution in [0.1, 0.15) is 23.0 Å². The number of hydrogen-bond donors (Lipinski definition) is 0. The largest absolute Gasteiger partial charge is 0.461 e. The second-order valence-electron chi connectivity index (χ2n) is 4.86. The molecule has 1 aromatic carbocycles. The molecule has 0 aliphatic heterocycles. The third kappa shape index (κ3) is 2.41. The number of benzene rings is 1. The summed E-state index contributed by atoms with van der Waals surface area (Å²) in [6.07, 6.45) is 3.86. The molecule has 0 atom stereocenters. The number of carbonyl (C=O) groups is 1. The molecule has 0 saturated heterocycles. The SMILES string of the molecule is CCOC(=O)c1nn(-c2ccccc2)c(-n2cccc2)c1C. The van der Waals surface area contributed by atoms with Crippen LogP contribution in [0.3, 0.4) is 0 Å². The third-order valence-electron chi connectivity index (χ3n) is 3.41. The molecule has 0 aliphatic carbocycles. The molecule has 0 N–H and O–H groups in total. The van der Waals surface area contributed by atoms with Gasteiger partial charge in [0.2, 0.25) is 0 Å². The van der Waals surface area contributed by atoms with Crippen LogP contribution in [-0.4, -0.2) is 26.9 Å². The lowest BCUT2D eigenvalue weighted by Crippen LogP contribution is -2.07. The van der Waals surface area contributed by atoms with Crippen LogP contribution in [0.2, 0.25) is 0 Å².